The van der Waals surface area contributed by atoms with Crippen molar-refractivity contribution < 1.29 is 56.6 Å². The Morgan fingerprint density at radius 3 is 1.70 bits per heavy atom. The summed E-state index contributed by atoms with van der Waals surface area (Å²) in [6.45, 7) is 0. The van der Waals surface area contributed by atoms with Crippen LogP contribution in [0.25, 0.3) is 0 Å². The molecule has 0 spiro atoms. The van der Waals surface area contributed by atoms with Crippen LogP contribution in [0.4, 0.5) is 0 Å². The van der Waals surface area contributed by atoms with Gasteiger partial charge in [0.25, 0.3) is 5.91 Å². The van der Waals surface area contributed by atoms with E-state index in [-0.39, 0.29) is 62.4 Å². The zero-order chi connectivity index (χ0) is 30.5. The fourth-order valence-corrected chi connectivity index (χ4v) is 3.23. The molecule has 3 N–H and O–H groups in total. The number of amides is 1. The molecule has 4 aromatic carbocycles. The molecule has 0 radical (unpaired) electrons. The largest absolute Gasteiger partial charge is 3.00 e. The predicted molar refractivity (Wildman–Crippen MR) is 150 cm³/mol. The molecule has 4 aromatic rings. The van der Waals surface area contributed by atoms with Gasteiger partial charge in [0.1, 0.15) is 23.0 Å². The van der Waals surface area contributed by atoms with Crippen molar-refractivity contribution in [1.82, 2.24) is 5.43 Å². The number of aromatic hydroxyl groups is 2. The van der Waals surface area contributed by atoms with Crippen molar-refractivity contribution in [2.24, 2.45) is 15.3 Å². The molecule has 0 heterocycles. The standard InChI is InChI=1S/2C15H14N2O4.Co/c2*1-21-13-4-2-3-11(14(13)19)9-16-17-15(20)10-5-7-12(18)8-6-10;/h2*2-9,18-19H,1H3,(H,17,20);/q;;+3/p-3/b2*16-9+;. The molecule has 0 aromatic heterocycles. The third kappa shape index (κ3) is 9.81. The molecule has 12 nitrogen and oxygen atoms in total. The molecule has 0 saturated heterocycles. The van der Waals surface area contributed by atoms with E-state index in [0.717, 1.165) is 0 Å². The molecule has 43 heavy (non-hydrogen) atoms. The molecular weight excluding hydrogens is 603 g/mol. The van der Waals surface area contributed by atoms with Crippen molar-refractivity contribution in [3.8, 4) is 34.5 Å². The number of hydrogen-bond donors (Lipinski definition) is 3. The minimum absolute atomic E-state index is 0. The second kappa shape index (κ2) is 16.7. The van der Waals surface area contributed by atoms with Crippen LogP contribution >= 0.6 is 0 Å². The minimum Gasteiger partial charge on any atom is -0.870 e. The smallest absolute Gasteiger partial charge is 0.870 e. The maximum atomic E-state index is 11.8. The third-order valence-corrected chi connectivity index (χ3v) is 5.42. The third-order valence-electron chi connectivity index (χ3n) is 5.42. The van der Waals surface area contributed by atoms with Crippen LogP contribution in [0.15, 0.2) is 100 Å². The van der Waals surface area contributed by atoms with Gasteiger partial charge in [0.05, 0.1) is 26.6 Å². The minimum atomic E-state index is -0.568. The SMILES string of the molecule is COc1cccc(/C=N/N=C(\[O-])c2ccc(O)cc2)c1[O-].COc1cccc(/C=N/NC(=O)c2ccc(O)cc2)c1[O-].[Co+3]. The summed E-state index contributed by atoms with van der Waals surface area (Å²) in [5.74, 6) is -1.10. The monoisotopic (exact) mass is 628 g/mol. The normalized spacial score (nSPS) is 10.9. The molecule has 1 amide bonds. The van der Waals surface area contributed by atoms with Gasteiger partial charge >= 0.3 is 16.8 Å². The van der Waals surface area contributed by atoms with E-state index in [4.69, 9.17) is 19.7 Å². The van der Waals surface area contributed by atoms with E-state index in [9.17, 15) is 20.1 Å². The topological polar surface area (TPSA) is 194 Å². The summed E-state index contributed by atoms with van der Waals surface area (Å²) in [7, 11) is 2.81. The molecular formula is C30H25CoN4O8. The van der Waals surface area contributed by atoms with Crippen molar-refractivity contribution in [1.29, 1.82) is 0 Å². The summed E-state index contributed by atoms with van der Waals surface area (Å²) in [5.41, 5.74) is 3.52. The maximum Gasteiger partial charge on any atom is 3.00 e. The zero-order valence-corrected chi connectivity index (χ0v) is 23.8. The molecule has 4 rings (SSSR count). The average molecular weight is 628 g/mol. The van der Waals surface area contributed by atoms with E-state index in [1.54, 1.807) is 36.4 Å². The first-order chi connectivity index (χ1) is 20.2. The number of para-hydroxylation sites is 2. The summed E-state index contributed by atoms with van der Waals surface area (Å²) in [6, 6.07) is 20.9. The number of methoxy groups -OCH3 is 2. The number of carbonyl (C=O) groups is 1. The number of ether oxygens (including phenoxy) is 2. The molecule has 0 atom stereocenters. The van der Waals surface area contributed by atoms with Gasteiger partial charge in [-0.2, -0.15) is 15.3 Å². The fourth-order valence-electron chi connectivity index (χ4n) is 3.23. The van der Waals surface area contributed by atoms with Gasteiger partial charge in [0.2, 0.25) is 0 Å². The molecule has 0 unspecified atom stereocenters. The predicted octanol–water partition coefficient (Wildman–Crippen LogP) is 1.85. The average Bonchev–Trinajstić information content (AvgIpc) is 3.00. The van der Waals surface area contributed by atoms with Crippen LogP contribution in [-0.4, -0.2) is 48.7 Å². The van der Waals surface area contributed by atoms with Crippen LogP contribution in [0.3, 0.4) is 0 Å². The van der Waals surface area contributed by atoms with Gasteiger partial charge in [0.15, 0.2) is 0 Å². The Morgan fingerprint density at radius 1 is 0.744 bits per heavy atom. The summed E-state index contributed by atoms with van der Waals surface area (Å²) in [5, 5.41) is 64.4. The van der Waals surface area contributed by atoms with Crippen molar-refractivity contribution in [3.63, 3.8) is 0 Å². The second-order valence-electron chi connectivity index (χ2n) is 8.20. The van der Waals surface area contributed by atoms with Crippen LogP contribution in [0.5, 0.6) is 34.5 Å². The fraction of sp³-hybridized carbons (Fsp3) is 0.0667. The molecule has 0 fully saturated rings. The first kappa shape index (κ1) is 33.7. The van der Waals surface area contributed by atoms with Gasteiger partial charge in [-0.3, -0.25) is 4.79 Å². The van der Waals surface area contributed by atoms with Crippen molar-refractivity contribution in [3.05, 3.63) is 107 Å². The molecule has 0 saturated carbocycles. The van der Waals surface area contributed by atoms with Gasteiger partial charge in [-0.25, -0.2) is 5.43 Å². The van der Waals surface area contributed by atoms with Crippen LogP contribution < -0.4 is 30.2 Å². The first-order valence-electron chi connectivity index (χ1n) is 12.1. The van der Waals surface area contributed by atoms with E-state index >= 15 is 0 Å². The Kier molecular flexibility index (Phi) is 13.0. The summed E-state index contributed by atoms with van der Waals surface area (Å²) in [4.78, 5) is 11.7. The van der Waals surface area contributed by atoms with Gasteiger partial charge in [-0.1, -0.05) is 47.9 Å². The Bertz CT molecular complexity index is 1590. The van der Waals surface area contributed by atoms with E-state index in [2.05, 4.69) is 20.7 Å². The van der Waals surface area contributed by atoms with E-state index in [0.29, 0.717) is 11.1 Å². The van der Waals surface area contributed by atoms with E-state index < -0.39 is 11.8 Å². The number of nitrogens with zero attached hydrogens (tertiary/aromatic N) is 3. The Balaban J connectivity index is 0.000000293. The van der Waals surface area contributed by atoms with Gasteiger partial charge in [-0.05, 0) is 65.2 Å². The van der Waals surface area contributed by atoms with Gasteiger partial charge < -0.3 is 35.0 Å². The number of carbonyl (C=O) groups excluding carboxylic acids is 1. The number of phenols is 2. The number of hydrogen-bond acceptors (Lipinski definition) is 11. The van der Waals surface area contributed by atoms with Gasteiger partial charge in [0, 0.05) is 11.5 Å². The number of benzene rings is 4. The molecule has 0 aliphatic heterocycles. The second-order valence-corrected chi connectivity index (χ2v) is 8.20. The molecule has 222 valence electrons. The quantitative estimate of drug-likeness (QED) is 0.149. The van der Waals surface area contributed by atoms with Crippen LogP contribution in [-0.2, 0) is 16.8 Å². The van der Waals surface area contributed by atoms with E-state index in [1.165, 1.54) is 75.2 Å². The van der Waals surface area contributed by atoms with Crippen molar-refractivity contribution in [2.75, 3.05) is 14.2 Å². The number of nitrogens with one attached hydrogen (secondary N) is 1. The molecule has 0 bridgehead atoms. The zero-order valence-electron chi connectivity index (χ0n) is 22.8. The molecule has 13 heteroatoms. The summed E-state index contributed by atoms with van der Waals surface area (Å²) >= 11 is 0. The first-order valence-corrected chi connectivity index (χ1v) is 12.1. The van der Waals surface area contributed by atoms with Crippen molar-refractivity contribution in [2.45, 2.75) is 0 Å². The Hall–Kier alpha value is -5.53. The number of hydrazone groups is 1. The van der Waals surface area contributed by atoms with Crippen molar-refractivity contribution >= 4 is 24.2 Å². The maximum absolute atomic E-state index is 11.8. The van der Waals surface area contributed by atoms with E-state index in [1.807, 2.05) is 0 Å². The summed E-state index contributed by atoms with van der Waals surface area (Å²) in [6.07, 6.45) is 2.45. The van der Waals surface area contributed by atoms with Crippen LogP contribution in [0, 0.1) is 0 Å². The number of phenolic OH excluding ortho intramolecular Hbond substituents is 2. The van der Waals surface area contributed by atoms with Crippen LogP contribution in [0.2, 0.25) is 0 Å². The van der Waals surface area contributed by atoms with Gasteiger partial charge in [-0.15, -0.1) is 0 Å². The molecule has 0 aliphatic rings. The molecule has 0 aliphatic carbocycles. The Labute approximate surface area is 257 Å². The van der Waals surface area contributed by atoms with Crippen LogP contribution in [0.1, 0.15) is 27.0 Å². The number of rotatable bonds is 8. The summed E-state index contributed by atoms with van der Waals surface area (Å²) < 4.78 is 9.81. The Morgan fingerprint density at radius 2 is 1.21 bits per heavy atom.